The topological polar surface area (TPSA) is 55.4 Å². The number of rotatable bonds is 15. The lowest BCUT2D eigenvalue weighted by Gasteiger charge is -2.36. The van der Waals surface area contributed by atoms with E-state index in [0.29, 0.717) is 0 Å². The van der Waals surface area contributed by atoms with Crippen molar-refractivity contribution < 1.29 is 116 Å². The van der Waals surface area contributed by atoms with Crippen molar-refractivity contribution in [2.24, 2.45) is 0 Å². The fraction of sp³-hybridized carbons (Fsp3) is 1.00. The van der Waals surface area contributed by atoms with Gasteiger partial charge >= 0.3 is 61.1 Å². The van der Waals surface area contributed by atoms with Crippen LogP contribution in [0.4, 0.5) is 87.8 Å². The second kappa shape index (κ2) is 10.1. The van der Waals surface area contributed by atoms with Crippen molar-refractivity contribution in [1.29, 1.82) is 0 Å². The maximum atomic E-state index is 13.2. The predicted octanol–water partition coefficient (Wildman–Crippen LogP) is 6.27. The summed E-state index contributed by atoms with van der Waals surface area (Å²) in [7, 11) is -0.774. The maximum Gasteiger partial charge on any atom is 0.453 e. The molecule has 0 rings (SSSR count). The third kappa shape index (κ3) is 7.11. The Bertz CT molecular complexity index is 746. The van der Waals surface area contributed by atoms with E-state index in [4.69, 9.17) is 0 Å². The Kier molecular flexibility index (Phi) is 9.64. The molecule has 0 bridgehead atoms. The molecule has 230 valence electrons. The highest BCUT2D eigenvalue weighted by Crippen LogP contribution is 2.53. The van der Waals surface area contributed by atoms with Crippen LogP contribution in [0.1, 0.15) is 0 Å². The van der Waals surface area contributed by atoms with Gasteiger partial charge in [-0.05, 0) is 0 Å². The molecule has 0 aromatic heterocycles. The van der Waals surface area contributed by atoms with Crippen molar-refractivity contribution >= 4 is 0 Å². The second-order valence-electron chi connectivity index (χ2n) is 5.98. The Morgan fingerprint density at radius 3 is 0.447 bits per heavy atom. The summed E-state index contributed by atoms with van der Waals surface area (Å²) in [6, 6.07) is 0. The van der Waals surface area contributed by atoms with Gasteiger partial charge < -0.3 is 9.47 Å². The molecule has 0 aliphatic carbocycles. The van der Waals surface area contributed by atoms with Gasteiger partial charge in [-0.25, -0.2) is 18.9 Å². The average Bonchev–Trinajstić information content (AvgIpc) is 2.63. The fourth-order valence-corrected chi connectivity index (χ4v) is 1.36. The number of ether oxygens (including phenoxy) is 6. The number of halogens is 20. The van der Waals surface area contributed by atoms with Gasteiger partial charge in [0.25, 0.3) is 0 Å². The van der Waals surface area contributed by atoms with E-state index in [2.05, 4.69) is 9.47 Å². The predicted molar refractivity (Wildman–Crippen MR) is 67.8 cm³/mol. The lowest BCUT2D eigenvalue weighted by atomic mass is 10.4. The number of hydrogen-bond donors (Lipinski definition) is 0. The number of methoxy groups -OCH3 is 2. The van der Waals surface area contributed by atoms with Crippen molar-refractivity contribution in [3.8, 4) is 0 Å². The molecule has 26 heteroatoms. The van der Waals surface area contributed by atoms with E-state index in [1.165, 1.54) is 9.47 Å². The third-order valence-corrected chi connectivity index (χ3v) is 3.23. The molecule has 0 heterocycles. The molecule has 0 aliphatic rings. The molecule has 6 nitrogen and oxygen atoms in total. The standard InChI is InChI=1S/C12H6F20O6/c1-33-3(13,14)5(17,18)35-7(21,22)9(25,26)37-11(29,30)12(31,32)38-10(27,28)8(23,24)36-6(19,20)4(15,16)34-2/h1-2H3. The van der Waals surface area contributed by atoms with Gasteiger partial charge in [-0.3, -0.25) is 0 Å². The molecule has 0 aromatic rings. The molecule has 0 saturated carbocycles. The molecule has 0 saturated heterocycles. The summed E-state index contributed by atoms with van der Waals surface area (Å²) in [5.74, 6) is 0. The van der Waals surface area contributed by atoms with Gasteiger partial charge in [0.1, 0.15) is 0 Å². The van der Waals surface area contributed by atoms with Crippen molar-refractivity contribution in [3.05, 3.63) is 0 Å². The van der Waals surface area contributed by atoms with Gasteiger partial charge in [-0.15, -0.1) is 0 Å². The Morgan fingerprint density at radius 2 is 0.342 bits per heavy atom. The molecule has 38 heavy (non-hydrogen) atoms. The van der Waals surface area contributed by atoms with E-state index < -0.39 is 61.1 Å². The molecule has 0 radical (unpaired) electrons. The molecule has 0 aromatic carbocycles. The number of hydrogen-bond acceptors (Lipinski definition) is 6. The van der Waals surface area contributed by atoms with Gasteiger partial charge in [0.15, 0.2) is 0 Å². The van der Waals surface area contributed by atoms with Gasteiger partial charge in [-0.1, -0.05) is 0 Å². The Hall–Kier alpha value is -1.64. The Balaban J connectivity index is 6.07. The van der Waals surface area contributed by atoms with E-state index in [9.17, 15) is 87.8 Å². The zero-order valence-electron chi connectivity index (χ0n) is 17.0. The second-order valence-corrected chi connectivity index (χ2v) is 5.98. The van der Waals surface area contributed by atoms with Crippen LogP contribution in [0.5, 0.6) is 0 Å². The quantitative estimate of drug-likeness (QED) is 0.200. The Labute approximate surface area is 193 Å². The monoisotopic (exact) mass is 626 g/mol. The lowest BCUT2D eigenvalue weighted by Crippen LogP contribution is -2.61. The highest BCUT2D eigenvalue weighted by molar-refractivity contribution is 4.81. The molecular weight excluding hydrogens is 620 g/mol. The average molecular weight is 626 g/mol. The molecule has 0 unspecified atom stereocenters. The van der Waals surface area contributed by atoms with E-state index in [1.807, 2.05) is 0 Å². The summed E-state index contributed by atoms with van der Waals surface area (Å²) in [5.41, 5.74) is 0. The van der Waals surface area contributed by atoms with Crippen LogP contribution >= 0.6 is 0 Å². The largest absolute Gasteiger partial charge is 0.453 e. The highest BCUT2D eigenvalue weighted by Gasteiger charge is 2.79. The molecule has 0 spiro atoms. The van der Waals surface area contributed by atoms with Gasteiger partial charge in [0.05, 0.1) is 0 Å². The fourth-order valence-electron chi connectivity index (χ4n) is 1.36. The first-order valence-electron chi connectivity index (χ1n) is 7.89. The van der Waals surface area contributed by atoms with Crippen LogP contribution in [0.3, 0.4) is 0 Å². The van der Waals surface area contributed by atoms with Crippen LogP contribution < -0.4 is 0 Å². The maximum absolute atomic E-state index is 13.2. The summed E-state index contributed by atoms with van der Waals surface area (Å²) in [4.78, 5) is 0. The normalized spacial score (nSPS) is 16.3. The van der Waals surface area contributed by atoms with Crippen LogP contribution in [-0.2, 0) is 28.4 Å². The minimum Gasteiger partial charge on any atom is -0.317 e. The van der Waals surface area contributed by atoms with E-state index in [1.54, 1.807) is 9.47 Å². The summed E-state index contributed by atoms with van der Waals surface area (Å²) < 4.78 is 271. The van der Waals surface area contributed by atoms with E-state index in [0.717, 1.165) is 0 Å². The van der Waals surface area contributed by atoms with Crippen LogP contribution in [-0.4, -0.2) is 75.3 Å². The zero-order chi connectivity index (χ0) is 31.2. The minimum atomic E-state index is -7.83. The summed E-state index contributed by atoms with van der Waals surface area (Å²) in [6.07, 6.45) is -72.5. The van der Waals surface area contributed by atoms with Crippen LogP contribution in [0.15, 0.2) is 0 Å². The highest BCUT2D eigenvalue weighted by atomic mass is 19.4. The van der Waals surface area contributed by atoms with Gasteiger partial charge in [0.2, 0.25) is 0 Å². The first-order valence-corrected chi connectivity index (χ1v) is 7.89. The van der Waals surface area contributed by atoms with E-state index in [-0.39, 0.29) is 14.2 Å². The van der Waals surface area contributed by atoms with Crippen molar-refractivity contribution in [1.82, 2.24) is 0 Å². The van der Waals surface area contributed by atoms with Crippen LogP contribution in [0, 0.1) is 0 Å². The summed E-state index contributed by atoms with van der Waals surface area (Å²) >= 11 is 0. The molecular formula is C12H6F20O6. The molecule has 0 aliphatic heterocycles. The first kappa shape index (κ1) is 36.4. The lowest BCUT2D eigenvalue weighted by molar-refractivity contribution is -0.588. The smallest absolute Gasteiger partial charge is 0.317 e. The first-order chi connectivity index (χ1) is 16.2. The molecule has 0 fully saturated rings. The van der Waals surface area contributed by atoms with Crippen molar-refractivity contribution in [2.45, 2.75) is 61.1 Å². The van der Waals surface area contributed by atoms with Crippen molar-refractivity contribution in [2.75, 3.05) is 14.2 Å². The molecule has 0 N–H and O–H groups in total. The van der Waals surface area contributed by atoms with Crippen LogP contribution in [0.2, 0.25) is 0 Å². The molecule has 0 amide bonds. The minimum absolute atomic E-state index is 0.387. The number of alkyl halides is 20. The summed E-state index contributed by atoms with van der Waals surface area (Å²) in [5, 5.41) is 0. The van der Waals surface area contributed by atoms with Crippen molar-refractivity contribution in [3.63, 3.8) is 0 Å². The SMILES string of the molecule is COC(F)(F)C(F)(F)OC(F)(F)C(F)(F)OC(F)(F)C(F)(F)OC(F)(F)C(F)(F)OC(F)(F)C(F)(F)OC. The van der Waals surface area contributed by atoms with Gasteiger partial charge in [0, 0.05) is 14.2 Å². The molecule has 0 atom stereocenters. The third-order valence-electron chi connectivity index (χ3n) is 3.23. The van der Waals surface area contributed by atoms with Gasteiger partial charge in [-0.2, -0.15) is 87.8 Å². The van der Waals surface area contributed by atoms with E-state index >= 15 is 0 Å². The van der Waals surface area contributed by atoms with Crippen LogP contribution in [0.25, 0.3) is 0 Å². The summed E-state index contributed by atoms with van der Waals surface area (Å²) in [6.45, 7) is 0. The zero-order valence-corrected chi connectivity index (χ0v) is 17.0. The Morgan fingerprint density at radius 1 is 0.237 bits per heavy atom.